The molecule has 0 bridgehead atoms. The molecule has 9 heteroatoms. The Kier molecular flexibility index (Phi) is 4.99. The summed E-state index contributed by atoms with van der Waals surface area (Å²) < 4.78 is 32.7. The number of ether oxygens (including phenoxy) is 1. The van der Waals surface area contributed by atoms with Gasteiger partial charge in [0.2, 0.25) is 10.0 Å². The molecular weight excluding hydrogens is 362 g/mol. The van der Waals surface area contributed by atoms with Crippen LogP contribution in [0.1, 0.15) is 12.8 Å². The number of fused-ring (bicyclic) bond motifs is 1. The number of carbonyl (C=O) groups is 1. The Morgan fingerprint density at radius 3 is 2.60 bits per heavy atom. The van der Waals surface area contributed by atoms with Gasteiger partial charge in [0.25, 0.3) is 5.91 Å². The molecule has 0 saturated carbocycles. The summed E-state index contributed by atoms with van der Waals surface area (Å²) in [4.78, 5) is 17.4. The first-order valence-electron chi connectivity index (χ1n) is 7.97. The first-order valence-corrected chi connectivity index (χ1v) is 10.6. The summed E-state index contributed by atoms with van der Waals surface area (Å²) in [6.07, 6.45) is 2.22. The van der Waals surface area contributed by atoms with Gasteiger partial charge in [-0.25, -0.2) is 12.7 Å². The Morgan fingerprint density at radius 1 is 1.32 bits per heavy atom. The third-order valence-corrected chi connectivity index (χ3v) is 6.89. The molecule has 1 aromatic carbocycles. The molecule has 25 heavy (non-hydrogen) atoms. The fourth-order valence-electron chi connectivity index (χ4n) is 2.97. The van der Waals surface area contributed by atoms with E-state index < -0.39 is 10.0 Å². The van der Waals surface area contributed by atoms with Crippen molar-refractivity contribution in [3.63, 3.8) is 0 Å². The second-order valence-corrected chi connectivity index (χ2v) is 9.16. The Balaban J connectivity index is 1.82. The number of benzene rings is 1. The number of hydrogen-bond donors (Lipinski definition) is 0. The van der Waals surface area contributed by atoms with Crippen LogP contribution in [0, 0.1) is 5.92 Å². The molecule has 0 N–H and O–H groups in total. The van der Waals surface area contributed by atoms with E-state index in [1.165, 1.54) is 21.9 Å². The number of piperidine rings is 1. The maximum absolute atomic E-state index is 12.5. The van der Waals surface area contributed by atoms with Crippen LogP contribution in [-0.4, -0.2) is 49.7 Å². The number of nitrogens with zero attached hydrogens (tertiary/aromatic N) is 3. The zero-order valence-corrected chi connectivity index (χ0v) is 16.1. The number of amides is 1. The monoisotopic (exact) mass is 383 g/mol. The molecule has 1 aliphatic heterocycles. The van der Waals surface area contributed by atoms with Crippen molar-refractivity contribution in [3.8, 4) is 5.75 Å². The number of aryl methyl sites for hydroxylation is 1. The third kappa shape index (κ3) is 3.78. The average molecular weight is 383 g/mol. The Labute approximate surface area is 150 Å². The maximum atomic E-state index is 12.5. The predicted molar refractivity (Wildman–Crippen MR) is 97.1 cm³/mol. The van der Waals surface area contributed by atoms with Crippen LogP contribution in [0.15, 0.2) is 23.2 Å². The normalized spacial score (nSPS) is 18.0. The van der Waals surface area contributed by atoms with Gasteiger partial charge in [-0.05, 0) is 31.0 Å². The summed E-state index contributed by atoms with van der Waals surface area (Å²) in [5.74, 6) is 0.361. The van der Waals surface area contributed by atoms with Gasteiger partial charge in [0, 0.05) is 26.1 Å². The zero-order valence-electron chi connectivity index (χ0n) is 14.4. The largest absolute Gasteiger partial charge is 0.497 e. The molecule has 7 nitrogen and oxygen atoms in total. The van der Waals surface area contributed by atoms with E-state index in [-0.39, 0.29) is 11.8 Å². The quantitative estimate of drug-likeness (QED) is 0.801. The lowest BCUT2D eigenvalue weighted by Crippen LogP contribution is -2.39. The van der Waals surface area contributed by atoms with Crippen molar-refractivity contribution in [2.45, 2.75) is 12.8 Å². The number of carbonyl (C=O) groups excluding carboxylic acids is 1. The van der Waals surface area contributed by atoms with Crippen molar-refractivity contribution in [1.82, 2.24) is 8.87 Å². The van der Waals surface area contributed by atoms with E-state index in [0.29, 0.717) is 30.7 Å². The second kappa shape index (κ2) is 6.89. The fraction of sp³-hybridized carbons (Fsp3) is 0.500. The molecule has 0 atom stereocenters. The number of methoxy groups -OCH3 is 1. The van der Waals surface area contributed by atoms with Crippen molar-refractivity contribution in [3.05, 3.63) is 23.0 Å². The Bertz CT molecular complexity index is 967. The molecule has 1 amide bonds. The number of sulfonamides is 1. The van der Waals surface area contributed by atoms with Crippen LogP contribution in [0.4, 0.5) is 0 Å². The highest BCUT2D eigenvalue weighted by Gasteiger charge is 2.28. The van der Waals surface area contributed by atoms with Crippen LogP contribution in [0.2, 0.25) is 0 Å². The highest BCUT2D eigenvalue weighted by molar-refractivity contribution is 7.88. The molecule has 1 aliphatic rings. The molecular formula is C16H21N3O4S2. The van der Waals surface area contributed by atoms with Crippen LogP contribution in [0.25, 0.3) is 10.2 Å². The molecule has 3 rings (SSSR count). The van der Waals surface area contributed by atoms with Gasteiger partial charge >= 0.3 is 0 Å². The minimum atomic E-state index is -3.19. The molecule has 1 fully saturated rings. The Morgan fingerprint density at radius 2 is 2.00 bits per heavy atom. The first-order chi connectivity index (χ1) is 11.8. The van der Waals surface area contributed by atoms with Crippen molar-refractivity contribution in [2.75, 3.05) is 26.5 Å². The van der Waals surface area contributed by atoms with Gasteiger partial charge in [-0.2, -0.15) is 4.99 Å². The first kappa shape index (κ1) is 18.1. The fourth-order valence-corrected chi connectivity index (χ4v) is 4.89. The minimum absolute atomic E-state index is 0.178. The van der Waals surface area contributed by atoms with E-state index in [1.807, 2.05) is 29.8 Å². The van der Waals surface area contributed by atoms with Crippen LogP contribution >= 0.6 is 11.3 Å². The summed E-state index contributed by atoms with van der Waals surface area (Å²) >= 11 is 1.44. The van der Waals surface area contributed by atoms with Crippen molar-refractivity contribution >= 4 is 37.5 Å². The molecule has 2 heterocycles. The zero-order chi connectivity index (χ0) is 18.2. The van der Waals surface area contributed by atoms with E-state index in [9.17, 15) is 13.2 Å². The van der Waals surface area contributed by atoms with Gasteiger partial charge in [0.05, 0.1) is 23.6 Å². The maximum Gasteiger partial charge on any atom is 0.251 e. The van der Waals surface area contributed by atoms with Crippen molar-refractivity contribution in [2.24, 2.45) is 18.0 Å². The lowest BCUT2D eigenvalue weighted by Gasteiger charge is -2.28. The summed E-state index contributed by atoms with van der Waals surface area (Å²) in [5, 5.41) is 0. The van der Waals surface area contributed by atoms with Crippen LogP contribution in [-0.2, 0) is 21.9 Å². The lowest BCUT2D eigenvalue weighted by molar-refractivity contribution is -0.122. The molecule has 0 unspecified atom stereocenters. The van der Waals surface area contributed by atoms with Gasteiger partial charge in [-0.15, -0.1) is 0 Å². The summed E-state index contributed by atoms with van der Waals surface area (Å²) in [5.41, 5.74) is 0.990. The van der Waals surface area contributed by atoms with E-state index >= 15 is 0 Å². The molecule has 0 radical (unpaired) electrons. The SMILES string of the molecule is COc1ccc2c(c1)sc(=NC(=O)C1CCN(S(C)(=O)=O)CC1)n2C. The van der Waals surface area contributed by atoms with E-state index in [1.54, 1.807) is 7.11 Å². The van der Waals surface area contributed by atoms with E-state index in [4.69, 9.17) is 4.74 Å². The summed E-state index contributed by atoms with van der Waals surface area (Å²) in [6, 6.07) is 5.74. The highest BCUT2D eigenvalue weighted by atomic mass is 32.2. The standard InChI is InChI=1S/C16H21N3O4S2/c1-18-13-5-4-12(23-2)10-14(13)24-16(18)17-15(20)11-6-8-19(9-7-11)25(3,21)22/h4-5,10-11H,6-9H2,1-3H3. The molecule has 2 aromatic rings. The minimum Gasteiger partial charge on any atom is -0.497 e. The third-order valence-electron chi connectivity index (χ3n) is 4.49. The van der Waals surface area contributed by atoms with Gasteiger partial charge in [-0.3, -0.25) is 4.79 Å². The van der Waals surface area contributed by atoms with Crippen LogP contribution in [0.3, 0.4) is 0 Å². The van der Waals surface area contributed by atoms with E-state index in [0.717, 1.165) is 16.0 Å². The predicted octanol–water partition coefficient (Wildman–Crippen LogP) is 1.35. The number of rotatable bonds is 3. The van der Waals surface area contributed by atoms with Crippen molar-refractivity contribution < 1.29 is 17.9 Å². The van der Waals surface area contributed by atoms with Crippen molar-refractivity contribution in [1.29, 1.82) is 0 Å². The lowest BCUT2D eigenvalue weighted by atomic mass is 9.98. The van der Waals surface area contributed by atoms with E-state index in [2.05, 4.69) is 4.99 Å². The van der Waals surface area contributed by atoms with Gasteiger partial charge < -0.3 is 9.30 Å². The Hall–Kier alpha value is -1.71. The van der Waals surface area contributed by atoms with Gasteiger partial charge in [0.1, 0.15) is 5.75 Å². The topological polar surface area (TPSA) is 81.0 Å². The highest BCUT2D eigenvalue weighted by Crippen LogP contribution is 2.23. The number of aromatic nitrogens is 1. The molecule has 0 aliphatic carbocycles. The van der Waals surface area contributed by atoms with Crippen LogP contribution in [0.5, 0.6) is 5.75 Å². The molecule has 1 saturated heterocycles. The van der Waals surface area contributed by atoms with Crippen LogP contribution < -0.4 is 9.54 Å². The molecule has 136 valence electrons. The number of hydrogen-bond acceptors (Lipinski definition) is 5. The average Bonchev–Trinajstić information content (AvgIpc) is 2.89. The van der Waals surface area contributed by atoms with Gasteiger partial charge in [0.15, 0.2) is 4.80 Å². The second-order valence-electron chi connectivity index (χ2n) is 6.16. The van der Waals surface area contributed by atoms with Gasteiger partial charge in [-0.1, -0.05) is 11.3 Å². The summed E-state index contributed by atoms with van der Waals surface area (Å²) in [6.45, 7) is 0.751. The molecule has 1 aromatic heterocycles. The molecule has 0 spiro atoms. The number of thiazole rings is 1. The smallest absolute Gasteiger partial charge is 0.251 e. The summed E-state index contributed by atoms with van der Waals surface area (Å²) in [7, 11) is 0.309.